The van der Waals surface area contributed by atoms with Crippen molar-refractivity contribution in [3.8, 4) is 5.75 Å². The molecule has 0 atom stereocenters. The molecule has 1 N–H and O–H groups in total. The number of benzene rings is 2. The first-order valence-electron chi connectivity index (χ1n) is 9.20. The maximum absolute atomic E-state index is 12.6. The first-order valence-corrected chi connectivity index (χ1v) is 10.0. The highest BCUT2D eigenvalue weighted by molar-refractivity contribution is 8.18. The van der Waals surface area contributed by atoms with E-state index in [1.54, 1.807) is 12.1 Å². The highest BCUT2D eigenvalue weighted by Crippen LogP contribution is 2.32. The molecule has 0 aromatic heterocycles. The van der Waals surface area contributed by atoms with Crippen LogP contribution in [0.3, 0.4) is 0 Å². The molecule has 1 aliphatic rings. The standard InChI is InChI=1S/C22H22N2O4S/c1-14(2)28-18-9-7-16(8-10-18)12-19-21(26)24(22(27)29-19)13-20(25)23-17-6-4-5-15(3)11-17/h4-12,14H,13H2,1-3H3,(H,23,25)/b19-12-. The van der Waals surface area contributed by atoms with Crippen LogP contribution in [-0.2, 0) is 9.59 Å². The van der Waals surface area contributed by atoms with E-state index in [0.717, 1.165) is 33.5 Å². The summed E-state index contributed by atoms with van der Waals surface area (Å²) in [7, 11) is 0. The van der Waals surface area contributed by atoms with Crippen LogP contribution in [0.15, 0.2) is 53.4 Å². The van der Waals surface area contributed by atoms with Gasteiger partial charge in [-0.1, -0.05) is 24.3 Å². The maximum atomic E-state index is 12.6. The number of carbonyl (C=O) groups is 3. The Balaban J connectivity index is 1.65. The predicted octanol–water partition coefficient (Wildman–Crippen LogP) is 4.46. The van der Waals surface area contributed by atoms with Gasteiger partial charge in [-0.25, -0.2) is 0 Å². The number of anilines is 1. The molecule has 0 spiro atoms. The summed E-state index contributed by atoms with van der Waals surface area (Å²) in [4.78, 5) is 38.3. The summed E-state index contributed by atoms with van der Waals surface area (Å²) in [6.07, 6.45) is 1.71. The first kappa shape index (κ1) is 20.7. The van der Waals surface area contributed by atoms with Crippen LogP contribution in [0, 0.1) is 6.92 Å². The maximum Gasteiger partial charge on any atom is 0.294 e. The predicted molar refractivity (Wildman–Crippen MR) is 115 cm³/mol. The van der Waals surface area contributed by atoms with E-state index in [1.807, 2.05) is 63.2 Å². The molecule has 29 heavy (non-hydrogen) atoms. The molecule has 0 saturated carbocycles. The second kappa shape index (κ2) is 8.96. The summed E-state index contributed by atoms with van der Waals surface area (Å²) in [6, 6.07) is 14.6. The van der Waals surface area contributed by atoms with Gasteiger partial charge in [-0.05, 0) is 74.0 Å². The van der Waals surface area contributed by atoms with Gasteiger partial charge in [0.05, 0.1) is 11.0 Å². The van der Waals surface area contributed by atoms with Gasteiger partial charge in [-0.3, -0.25) is 19.3 Å². The van der Waals surface area contributed by atoms with Crippen molar-refractivity contribution in [1.82, 2.24) is 4.90 Å². The number of imide groups is 1. The molecule has 1 heterocycles. The molecule has 1 aliphatic heterocycles. The fraction of sp³-hybridized carbons (Fsp3) is 0.227. The van der Waals surface area contributed by atoms with Crippen molar-refractivity contribution in [1.29, 1.82) is 0 Å². The Morgan fingerprint density at radius 1 is 1.17 bits per heavy atom. The van der Waals surface area contributed by atoms with Gasteiger partial charge in [-0.2, -0.15) is 0 Å². The first-order chi connectivity index (χ1) is 13.8. The third-order valence-electron chi connectivity index (χ3n) is 4.03. The van der Waals surface area contributed by atoms with Crippen molar-refractivity contribution in [2.45, 2.75) is 26.9 Å². The van der Waals surface area contributed by atoms with E-state index in [0.29, 0.717) is 5.69 Å². The average molecular weight is 410 g/mol. The number of hydrogen-bond donors (Lipinski definition) is 1. The number of aryl methyl sites for hydroxylation is 1. The van der Waals surface area contributed by atoms with Crippen LogP contribution in [0.2, 0.25) is 0 Å². The van der Waals surface area contributed by atoms with Crippen LogP contribution in [-0.4, -0.2) is 34.6 Å². The molecule has 150 valence electrons. The molecule has 7 heteroatoms. The highest BCUT2D eigenvalue weighted by atomic mass is 32.2. The molecular formula is C22H22N2O4S. The second-order valence-corrected chi connectivity index (χ2v) is 7.91. The number of rotatable bonds is 6. The molecule has 0 radical (unpaired) electrons. The lowest BCUT2D eigenvalue weighted by Crippen LogP contribution is -2.36. The van der Waals surface area contributed by atoms with E-state index in [2.05, 4.69) is 5.32 Å². The average Bonchev–Trinajstić information content (AvgIpc) is 2.90. The third-order valence-corrected chi connectivity index (χ3v) is 4.93. The molecule has 1 fully saturated rings. The quantitative estimate of drug-likeness (QED) is 0.712. The lowest BCUT2D eigenvalue weighted by Gasteiger charge is -2.12. The normalized spacial score (nSPS) is 15.3. The number of nitrogens with one attached hydrogen (secondary N) is 1. The summed E-state index contributed by atoms with van der Waals surface area (Å²) >= 11 is 0.830. The van der Waals surface area contributed by atoms with E-state index in [-0.39, 0.29) is 17.6 Å². The number of nitrogens with zero attached hydrogens (tertiary/aromatic N) is 1. The van der Waals surface area contributed by atoms with Crippen LogP contribution in [0.25, 0.3) is 6.08 Å². The molecule has 6 nitrogen and oxygen atoms in total. The fourth-order valence-electron chi connectivity index (χ4n) is 2.77. The summed E-state index contributed by atoms with van der Waals surface area (Å²) in [5.74, 6) is -0.158. The smallest absolute Gasteiger partial charge is 0.294 e. The molecule has 1 saturated heterocycles. The Bertz CT molecular complexity index is 967. The van der Waals surface area contributed by atoms with Crippen molar-refractivity contribution in [3.05, 3.63) is 64.6 Å². The van der Waals surface area contributed by atoms with Gasteiger partial charge in [0, 0.05) is 5.69 Å². The Morgan fingerprint density at radius 2 is 1.90 bits per heavy atom. The van der Waals surface area contributed by atoms with Gasteiger partial charge in [0.2, 0.25) is 5.91 Å². The zero-order valence-electron chi connectivity index (χ0n) is 16.5. The molecule has 2 aromatic rings. The topological polar surface area (TPSA) is 75.7 Å². The molecule has 2 aromatic carbocycles. The molecule has 3 amide bonds. The van der Waals surface area contributed by atoms with E-state index >= 15 is 0 Å². The minimum absolute atomic E-state index is 0.0725. The van der Waals surface area contributed by atoms with Gasteiger partial charge in [0.15, 0.2) is 0 Å². The Kier molecular flexibility index (Phi) is 6.39. The monoisotopic (exact) mass is 410 g/mol. The Labute approximate surface area is 173 Å². The summed E-state index contributed by atoms with van der Waals surface area (Å²) in [6.45, 7) is 5.48. The number of thioether (sulfide) groups is 1. The zero-order chi connectivity index (χ0) is 21.0. The van der Waals surface area contributed by atoms with Crippen LogP contribution in [0.1, 0.15) is 25.0 Å². The van der Waals surface area contributed by atoms with Gasteiger partial charge in [-0.15, -0.1) is 0 Å². The minimum Gasteiger partial charge on any atom is -0.491 e. The summed E-state index contributed by atoms with van der Waals surface area (Å²) in [5.41, 5.74) is 2.40. The van der Waals surface area contributed by atoms with Crippen molar-refractivity contribution in [2.75, 3.05) is 11.9 Å². The lowest BCUT2D eigenvalue weighted by molar-refractivity contribution is -0.127. The van der Waals surface area contributed by atoms with Crippen molar-refractivity contribution >= 4 is 40.6 Å². The van der Waals surface area contributed by atoms with E-state index in [1.165, 1.54) is 0 Å². The largest absolute Gasteiger partial charge is 0.491 e. The van der Waals surface area contributed by atoms with Crippen LogP contribution < -0.4 is 10.1 Å². The van der Waals surface area contributed by atoms with E-state index in [4.69, 9.17) is 4.74 Å². The van der Waals surface area contributed by atoms with Crippen LogP contribution in [0.5, 0.6) is 5.75 Å². The van der Waals surface area contributed by atoms with E-state index in [9.17, 15) is 14.4 Å². The molecule has 0 aliphatic carbocycles. The highest BCUT2D eigenvalue weighted by Gasteiger charge is 2.36. The fourth-order valence-corrected chi connectivity index (χ4v) is 3.61. The Morgan fingerprint density at radius 3 is 2.55 bits per heavy atom. The van der Waals surface area contributed by atoms with Crippen molar-refractivity contribution in [2.24, 2.45) is 0 Å². The number of amides is 3. The lowest BCUT2D eigenvalue weighted by atomic mass is 10.2. The number of ether oxygens (including phenoxy) is 1. The van der Waals surface area contributed by atoms with Crippen molar-refractivity contribution < 1.29 is 19.1 Å². The number of carbonyl (C=O) groups excluding carboxylic acids is 3. The molecule has 0 unspecified atom stereocenters. The summed E-state index contributed by atoms with van der Waals surface area (Å²) in [5, 5.41) is 2.25. The van der Waals surface area contributed by atoms with Gasteiger partial charge in [0.25, 0.3) is 11.1 Å². The van der Waals surface area contributed by atoms with Gasteiger partial charge in [0.1, 0.15) is 12.3 Å². The molecular weight excluding hydrogens is 388 g/mol. The van der Waals surface area contributed by atoms with Crippen molar-refractivity contribution in [3.63, 3.8) is 0 Å². The van der Waals surface area contributed by atoms with Crippen LogP contribution >= 0.6 is 11.8 Å². The third kappa shape index (κ3) is 5.48. The number of hydrogen-bond acceptors (Lipinski definition) is 5. The van der Waals surface area contributed by atoms with Crippen LogP contribution in [0.4, 0.5) is 10.5 Å². The van der Waals surface area contributed by atoms with E-state index < -0.39 is 17.1 Å². The Hall–Kier alpha value is -3.06. The van der Waals surface area contributed by atoms with Gasteiger partial charge >= 0.3 is 0 Å². The minimum atomic E-state index is -0.470. The van der Waals surface area contributed by atoms with Gasteiger partial charge < -0.3 is 10.1 Å². The molecule has 3 rings (SSSR count). The summed E-state index contributed by atoms with van der Waals surface area (Å²) < 4.78 is 5.59. The SMILES string of the molecule is Cc1cccc(NC(=O)CN2C(=O)S/C(=C\c3ccc(OC(C)C)cc3)C2=O)c1. The second-order valence-electron chi connectivity index (χ2n) is 6.92. The molecule has 0 bridgehead atoms. The zero-order valence-corrected chi connectivity index (χ0v) is 17.3.